The van der Waals surface area contributed by atoms with Crippen molar-refractivity contribution >= 4 is 11.5 Å². The summed E-state index contributed by atoms with van der Waals surface area (Å²) in [6.45, 7) is 2.23. The Morgan fingerprint density at radius 1 is 1.44 bits per heavy atom. The van der Waals surface area contributed by atoms with Crippen molar-refractivity contribution in [3.8, 4) is 11.5 Å². The number of allylic oxidation sites excluding steroid dienone is 4. The summed E-state index contributed by atoms with van der Waals surface area (Å²) in [5.74, 6) is 0.848. The molecule has 2 aliphatic rings. The van der Waals surface area contributed by atoms with Gasteiger partial charge in [0.2, 0.25) is 5.89 Å². The van der Waals surface area contributed by atoms with Crippen molar-refractivity contribution in [1.82, 2.24) is 4.98 Å². The van der Waals surface area contributed by atoms with Crippen molar-refractivity contribution in [2.45, 2.75) is 32.6 Å². The minimum Gasteiger partial charge on any atom is -0.478 e. The van der Waals surface area contributed by atoms with Crippen molar-refractivity contribution in [3.63, 3.8) is 0 Å². The van der Waals surface area contributed by atoms with E-state index >= 15 is 0 Å². The molecule has 1 N–H and O–H groups in total. The smallest absolute Gasteiger partial charge is 0.335 e. The molecule has 1 heterocycles. The van der Waals surface area contributed by atoms with Crippen molar-refractivity contribution < 1.29 is 14.3 Å². The molecule has 2 aromatic rings. The quantitative estimate of drug-likeness (QED) is 0.789. The van der Waals surface area contributed by atoms with Gasteiger partial charge in [0.05, 0.1) is 11.8 Å². The predicted octanol–water partition coefficient (Wildman–Crippen LogP) is 5.19. The Kier molecular flexibility index (Phi) is 3.83. The van der Waals surface area contributed by atoms with Crippen LogP contribution in [0.1, 0.15) is 48.7 Å². The molecule has 1 fully saturated rings. The molecule has 1 aromatic carbocycles. The number of oxazole rings is 1. The van der Waals surface area contributed by atoms with Crippen molar-refractivity contribution in [3.05, 3.63) is 60.0 Å². The van der Waals surface area contributed by atoms with Gasteiger partial charge in [-0.15, -0.1) is 0 Å². The molecule has 128 valence electrons. The second kappa shape index (κ2) is 6.03. The van der Waals surface area contributed by atoms with Gasteiger partial charge in [0, 0.05) is 11.1 Å². The number of aromatic carboxylic acids is 1. The van der Waals surface area contributed by atoms with Gasteiger partial charge in [-0.2, -0.15) is 0 Å². The first kappa shape index (κ1) is 15.9. The molecule has 2 unspecified atom stereocenters. The maximum absolute atomic E-state index is 11.1. The topological polar surface area (TPSA) is 63.3 Å². The van der Waals surface area contributed by atoms with Crippen LogP contribution in [-0.2, 0) is 0 Å². The Morgan fingerprint density at radius 3 is 3.08 bits per heavy atom. The SMILES string of the molecule is CCCCC12C=CC(c3cnc(-c4cccc(C(=O)O)c4)o3)=CC1C2. The molecule has 4 heteroatoms. The number of rotatable bonds is 6. The van der Waals surface area contributed by atoms with E-state index in [1.54, 1.807) is 24.4 Å². The number of fused-ring (bicyclic) bond motifs is 1. The number of carbonyl (C=O) groups is 1. The molecular formula is C21H21NO3. The number of unbranched alkanes of at least 4 members (excludes halogenated alkanes) is 1. The Bertz CT molecular complexity index is 877. The zero-order chi connectivity index (χ0) is 17.4. The van der Waals surface area contributed by atoms with Crippen LogP contribution in [0.5, 0.6) is 0 Å². The Labute approximate surface area is 146 Å². The van der Waals surface area contributed by atoms with Crippen LogP contribution >= 0.6 is 0 Å². The van der Waals surface area contributed by atoms with Gasteiger partial charge < -0.3 is 9.52 Å². The monoisotopic (exact) mass is 335 g/mol. The van der Waals surface area contributed by atoms with E-state index in [9.17, 15) is 4.79 Å². The lowest BCUT2D eigenvalue weighted by molar-refractivity contribution is 0.0697. The van der Waals surface area contributed by atoms with Gasteiger partial charge in [-0.05, 0) is 42.4 Å². The van der Waals surface area contributed by atoms with Crippen LogP contribution in [0.2, 0.25) is 0 Å². The van der Waals surface area contributed by atoms with Gasteiger partial charge in [-0.1, -0.05) is 44.1 Å². The maximum Gasteiger partial charge on any atom is 0.335 e. The molecule has 2 atom stereocenters. The third-order valence-corrected chi connectivity index (χ3v) is 5.30. The second-order valence-corrected chi connectivity index (χ2v) is 7.02. The first-order chi connectivity index (χ1) is 12.1. The zero-order valence-corrected chi connectivity index (χ0v) is 14.2. The van der Waals surface area contributed by atoms with E-state index in [0.717, 1.165) is 11.3 Å². The molecule has 25 heavy (non-hydrogen) atoms. The molecule has 0 bridgehead atoms. The average Bonchev–Trinajstić information content (AvgIpc) is 3.13. The van der Waals surface area contributed by atoms with E-state index in [2.05, 4.69) is 30.1 Å². The molecule has 0 spiro atoms. The van der Waals surface area contributed by atoms with Crippen LogP contribution in [-0.4, -0.2) is 16.1 Å². The average molecular weight is 335 g/mol. The van der Waals surface area contributed by atoms with Gasteiger partial charge in [-0.25, -0.2) is 9.78 Å². The summed E-state index contributed by atoms with van der Waals surface area (Å²) in [4.78, 5) is 15.4. The standard InChI is InChI=1S/C21H21NO3/c1-2-3-8-21-9-7-14(11-17(21)12-21)18-13-22-19(25-18)15-5-4-6-16(10-15)20(23)24/h4-7,9-11,13,17H,2-3,8,12H2,1H3,(H,23,24). The predicted molar refractivity (Wildman–Crippen MR) is 96.1 cm³/mol. The van der Waals surface area contributed by atoms with E-state index in [1.165, 1.54) is 25.7 Å². The Morgan fingerprint density at radius 2 is 2.32 bits per heavy atom. The highest BCUT2D eigenvalue weighted by molar-refractivity contribution is 5.89. The van der Waals surface area contributed by atoms with Gasteiger partial charge in [0.25, 0.3) is 0 Å². The maximum atomic E-state index is 11.1. The molecule has 1 saturated carbocycles. The number of aromatic nitrogens is 1. The Balaban J connectivity index is 1.54. The fourth-order valence-electron chi connectivity index (χ4n) is 3.66. The van der Waals surface area contributed by atoms with Crippen LogP contribution in [0.15, 0.2) is 53.1 Å². The lowest BCUT2D eigenvalue weighted by atomic mass is 9.90. The van der Waals surface area contributed by atoms with Crippen LogP contribution in [0, 0.1) is 11.3 Å². The van der Waals surface area contributed by atoms with Crippen LogP contribution in [0.25, 0.3) is 17.0 Å². The third-order valence-electron chi connectivity index (χ3n) is 5.30. The summed E-state index contributed by atoms with van der Waals surface area (Å²) in [6, 6.07) is 6.66. The van der Waals surface area contributed by atoms with E-state index in [4.69, 9.17) is 9.52 Å². The fraction of sp³-hybridized carbons (Fsp3) is 0.333. The number of nitrogens with zero attached hydrogens (tertiary/aromatic N) is 1. The van der Waals surface area contributed by atoms with E-state index in [0.29, 0.717) is 22.8 Å². The van der Waals surface area contributed by atoms with Gasteiger partial charge in [0.1, 0.15) is 0 Å². The number of benzene rings is 1. The van der Waals surface area contributed by atoms with Crippen LogP contribution < -0.4 is 0 Å². The van der Waals surface area contributed by atoms with E-state index in [-0.39, 0.29) is 5.56 Å². The Hall–Kier alpha value is -2.62. The highest BCUT2D eigenvalue weighted by atomic mass is 16.4. The lowest BCUT2D eigenvalue weighted by Gasteiger charge is -2.15. The van der Waals surface area contributed by atoms with Crippen molar-refractivity contribution in [2.75, 3.05) is 0 Å². The first-order valence-corrected chi connectivity index (χ1v) is 8.82. The summed E-state index contributed by atoms with van der Waals surface area (Å²) in [6.07, 6.45) is 13.5. The molecule has 4 rings (SSSR count). The molecule has 0 aliphatic heterocycles. The summed E-state index contributed by atoms with van der Waals surface area (Å²) in [5.41, 5.74) is 2.36. The highest BCUT2D eigenvalue weighted by Crippen LogP contribution is 2.60. The molecular weight excluding hydrogens is 314 g/mol. The lowest BCUT2D eigenvalue weighted by Crippen LogP contribution is -2.02. The number of carboxylic acid groups (broad SMARTS) is 1. The molecule has 0 amide bonds. The largest absolute Gasteiger partial charge is 0.478 e. The summed E-state index contributed by atoms with van der Waals surface area (Å²) < 4.78 is 5.90. The fourth-order valence-corrected chi connectivity index (χ4v) is 3.66. The third kappa shape index (κ3) is 2.93. The summed E-state index contributed by atoms with van der Waals surface area (Å²) in [5, 5.41) is 9.12. The zero-order valence-electron chi connectivity index (χ0n) is 14.2. The first-order valence-electron chi connectivity index (χ1n) is 8.82. The normalized spacial score (nSPS) is 23.9. The van der Waals surface area contributed by atoms with E-state index < -0.39 is 5.97 Å². The molecule has 1 aromatic heterocycles. The number of hydrogen-bond donors (Lipinski definition) is 1. The van der Waals surface area contributed by atoms with Crippen molar-refractivity contribution in [1.29, 1.82) is 0 Å². The van der Waals surface area contributed by atoms with Gasteiger partial charge in [-0.3, -0.25) is 0 Å². The van der Waals surface area contributed by atoms with Crippen LogP contribution in [0.3, 0.4) is 0 Å². The second-order valence-electron chi connectivity index (χ2n) is 7.02. The van der Waals surface area contributed by atoms with Crippen LogP contribution in [0.4, 0.5) is 0 Å². The minimum atomic E-state index is -0.955. The van der Waals surface area contributed by atoms with Gasteiger partial charge >= 0.3 is 5.97 Å². The molecule has 0 saturated heterocycles. The van der Waals surface area contributed by atoms with E-state index in [1.807, 2.05) is 6.07 Å². The summed E-state index contributed by atoms with van der Waals surface area (Å²) in [7, 11) is 0. The highest BCUT2D eigenvalue weighted by Gasteiger charge is 2.51. The molecule has 2 aliphatic carbocycles. The van der Waals surface area contributed by atoms with Crippen molar-refractivity contribution in [2.24, 2.45) is 11.3 Å². The minimum absolute atomic E-state index is 0.229. The molecule has 0 radical (unpaired) electrons. The number of carboxylic acids is 1. The number of hydrogen-bond acceptors (Lipinski definition) is 3. The summed E-state index contributed by atoms with van der Waals surface area (Å²) >= 11 is 0. The molecule has 4 nitrogen and oxygen atoms in total. The van der Waals surface area contributed by atoms with Gasteiger partial charge in [0.15, 0.2) is 5.76 Å².